The second kappa shape index (κ2) is 11.1. The first kappa shape index (κ1) is 29.7. The van der Waals surface area contributed by atoms with Gasteiger partial charge in [-0.2, -0.15) is 4.98 Å². The molecule has 1 aromatic heterocycles. The summed E-state index contributed by atoms with van der Waals surface area (Å²) in [5, 5.41) is 0.622. The number of nitrogens with zero attached hydrogens (tertiary/aromatic N) is 5. The summed E-state index contributed by atoms with van der Waals surface area (Å²) in [6, 6.07) is 4.17. The van der Waals surface area contributed by atoms with Gasteiger partial charge in [-0.3, -0.25) is 14.3 Å². The maximum atomic E-state index is 15.5. The van der Waals surface area contributed by atoms with E-state index in [1.165, 1.54) is 12.1 Å². The summed E-state index contributed by atoms with van der Waals surface area (Å²) in [6.45, 7) is 12.4. The van der Waals surface area contributed by atoms with E-state index in [9.17, 15) is 14.0 Å². The van der Waals surface area contributed by atoms with Crippen molar-refractivity contribution in [1.29, 1.82) is 0 Å². The second-order valence-electron chi connectivity index (χ2n) is 12.4. The lowest BCUT2D eigenvalue weighted by Gasteiger charge is -2.44. The molecule has 7 rings (SSSR count). The first-order chi connectivity index (χ1) is 21.0. The molecule has 4 aliphatic heterocycles. The van der Waals surface area contributed by atoms with Crippen LogP contribution < -0.4 is 10.6 Å². The quantitative estimate of drug-likeness (QED) is 0.298. The zero-order valence-electron chi connectivity index (χ0n) is 24.9. The summed E-state index contributed by atoms with van der Waals surface area (Å²) >= 11 is 7.77. The minimum atomic E-state index is -0.822. The molecule has 2 aromatic carbocycles. The topological polar surface area (TPSA) is 70.9 Å². The highest BCUT2D eigenvalue weighted by Gasteiger charge is 2.43. The fourth-order valence-corrected chi connectivity index (χ4v) is 9.27. The van der Waals surface area contributed by atoms with Crippen molar-refractivity contribution >= 4 is 46.0 Å². The Labute approximate surface area is 263 Å². The van der Waals surface area contributed by atoms with Crippen molar-refractivity contribution in [2.75, 3.05) is 36.9 Å². The lowest BCUT2D eigenvalue weighted by Crippen LogP contribution is -2.58. The molecule has 0 N–H and O–H groups in total. The van der Waals surface area contributed by atoms with Crippen molar-refractivity contribution in [3.8, 4) is 11.1 Å². The highest BCUT2D eigenvalue weighted by molar-refractivity contribution is 7.99. The maximum absolute atomic E-state index is 15.5. The van der Waals surface area contributed by atoms with Crippen molar-refractivity contribution in [3.63, 3.8) is 0 Å². The van der Waals surface area contributed by atoms with Crippen LogP contribution in [0.2, 0.25) is 5.02 Å². The number of hydrogen-bond donors (Lipinski definition) is 0. The van der Waals surface area contributed by atoms with Crippen LogP contribution in [0.25, 0.3) is 22.0 Å². The standard InChI is InChI=1S/C32H34ClF2N5O3S/c1-5-27(41)40-17(3)10-37(11-18(40)4)31-23-6-16(2)28(22-8-24(33)26(35)9-25(22)34)30-29(23)39(32(42)36-31)12-20(15-44-30)38-13-21-7-19(38)14-43-21/h5-6,8-9,17-21H,1,7,10-15H2,2-4H3/t17-,18+,19-,20?,21-/m0/s1. The maximum Gasteiger partial charge on any atom is 0.350 e. The van der Waals surface area contributed by atoms with Crippen molar-refractivity contribution in [2.45, 2.75) is 68.9 Å². The minimum absolute atomic E-state index is 0.0446. The van der Waals surface area contributed by atoms with Crippen LogP contribution in [0, 0.1) is 18.6 Å². The van der Waals surface area contributed by atoms with E-state index in [1.54, 1.807) is 16.3 Å². The van der Waals surface area contributed by atoms with Crippen LogP contribution in [-0.4, -0.2) is 87.5 Å². The Balaban J connectivity index is 1.41. The number of morpholine rings is 1. The third-order valence-corrected chi connectivity index (χ3v) is 11.1. The molecular weight excluding hydrogens is 608 g/mol. The largest absolute Gasteiger partial charge is 0.375 e. The number of fused-ring (bicyclic) bond motifs is 2. The molecule has 0 saturated carbocycles. The molecule has 1 amide bonds. The molecule has 0 spiro atoms. The van der Waals surface area contributed by atoms with Gasteiger partial charge >= 0.3 is 5.69 Å². The number of carbonyl (C=O) groups is 1. The van der Waals surface area contributed by atoms with Crippen LogP contribution in [0.15, 0.2) is 40.5 Å². The fourth-order valence-electron chi connectivity index (χ4n) is 7.68. The van der Waals surface area contributed by atoms with E-state index in [0.717, 1.165) is 34.9 Å². The molecule has 4 aliphatic rings. The number of thioether (sulfide) groups is 1. The number of rotatable bonds is 4. The molecule has 5 heterocycles. The van der Waals surface area contributed by atoms with Crippen molar-refractivity contribution in [1.82, 2.24) is 19.4 Å². The van der Waals surface area contributed by atoms with E-state index >= 15 is 4.39 Å². The molecule has 1 unspecified atom stereocenters. The van der Waals surface area contributed by atoms with Gasteiger partial charge < -0.3 is 14.5 Å². The van der Waals surface area contributed by atoms with Crippen LogP contribution >= 0.6 is 23.4 Å². The van der Waals surface area contributed by atoms with E-state index in [4.69, 9.17) is 16.3 Å². The van der Waals surface area contributed by atoms with E-state index in [2.05, 4.69) is 21.4 Å². The van der Waals surface area contributed by atoms with E-state index < -0.39 is 11.6 Å². The monoisotopic (exact) mass is 641 g/mol. The SMILES string of the molecule is C=CC(=O)N1[C@H](C)CN(c2nc(=O)n3c4c(c(-c5cc(Cl)c(F)cc5F)c(C)cc24)SCC(N2C[C@@H]4C[C@H]2CO4)C3)C[C@@H]1C. The molecule has 44 heavy (non-hydrogen) atoms. The lowest BCUT2D eigenvalue weighted by atomic mass is 9.96. The van der Waals surface area contributed by atoms with Crippen molar-refractivity contribution < 1.29 is 18.3 Å². The van der Waals surface area contributed by atoms with Crippen molar-refractivity contribution in [2.24, 2.45) is 0 Å². The number of aryl methyl sites for hydroxylation is 1. The minimum Gasteiger partial charge on any atom is -0.375 e. The molecule has 12 heteroatoms. The molecule has 232 valence electrons. The zero-order chi connectivity index (χ0) is 31.0. The average Bonchev–Trinajstić information content (AvgIpc) is 3.56. The second-order valence-corrected chi connectivity index (χ2v) is 13.9. The summed E-state index contributed by atoms with van der Waals surface area (Å²) in [5.41, 5.74) is 1.88. The molecule has 3 fully saturated rings. The third-order valence-electron chi connectivity index (χ3n) is 9.55. The van der Waals surface area contributed by atoms with Gasteiger partial charge in [-0.1, -0.05) is 18.2 Å². The van der Waals surface area contributed by atoms with E-state index in [0.29, 0.717) is 54.9 Å². The fraction of sp³-hybridized carbons (Fsp3) is 0.469. The number of hydrogen-bond acceptors (Lipinski definition) is 7. The Bertz CT molecular complexity index is 1760. The van der Waals surface area contributed by atoms with Gasteiger partial charge in [0, 0.05) is 83.6 Å². The molecule has 2 bridgehead atoms. The van der Waals surface area contributed by atoms with Gasteiger partial charge in [-0.15, -0.1) is 11.8 Å². The molecule has 0 aliphatic carbocycles. The molecule has 3 aromatic rings. The zero-order valence-corrected chi connectivity index (χ0v) is 26.4. The number of halogens is 3. The predicted octanol–water partition coefficient (Wildman–Crippen LogP) is 4.86. The van der Waals surface area contributed by atoms with Crippen LogP contribution in [0.3, 0.4) is 0 Å². The van der Waals surface area contributed by atoms with Gasteiger partial charge in [0.2, 0.25) is 5.91 Å². The Morgan fingerprint density at radius 1 is 1.11 bits per heavy atom. The predicted molar refractivity (Wildman–Crippen MR) is 169 cm³/mol. The summed E-state index contributed by atoms with van der Waals surface area (Å²) in [6.07, 6.45) is 2.52. The Hall–Kier alpha value is -2.99. The van der Waals surface area contributed by atoms with Crippen LogP contribution in [-0.2, 0) is 16.1 Å². The number of anilines is 1. The lowest BCUT2D eigenvalue weighted by molar-refractivity contribution is -0.130. The Morgan fingerprint density at radius 3 is 2.52 bits per heavy atom. The summed E-state index contributed by atoms with van der Waals surface area (Å²) in [7, 11) is 0. The van der Waals surface area contributed by atoms with Crippen LogP contribution in [0.1, 0.15) is 25.8 Å². The Kier molecular flexibility index (Phi) is 7.50. The smallest absolute Gasteiger partial charge is 0.350 e. The number of carbonyl (C=O) groups excluding carboxylic acids is 1. The molecule has 8 nitrogen and oxygen atoms in total. The van der Waals surface area contributed by atoms with Crippen molar-refractivity contribution in [3.05, 3.63) is 63.6 Å². The highest BCUT2D eigenvalue weighted by Crippen LogP contribution is 2.46. The number of benzene rings is 2. The van der Waals surface area contributed by atoms with Crippen LogP contribution in [0.5, 0.6) is 0 Å². The number of amides is 1. The average molecular weight is 642 g/mol. The first-order valence-corrected chi connectivity index (χ1v) is 16.3. The van der Waals surface area contributed by atoms with Gasteiger partial charge in [0.15, 0.2) is 0 Å². The van der Waals surface area contributed by atoms with Gasteiger partial charge in [0.05, 0.1) is 23.3 Å². The van der Waals surface area contributed by atoms with Gasteiger partial charge in [-0.25, -0.2) is 13.6 Å². The Morgan fingerprint density at radius 2 is 1.86 bits per heavy atom. The molecule has 3 saturated heterocycles. The number of ether oxygens (including phenoxy) is 1. The number of piperazine rings is 1. The van der Waals surface area contributed by atoms with E-state index in [-0.39, 0.29) is 46.4 Å². The van der Waals surface area contributed by atoms with Gasteiger partial charge in [-0.05, 0) is 51.0 Å². The number of likely N-dealkylation sites (tertiary alicyclic amines) is 1. The van der Waals surface area contributed by atoms with Gasteiger partial charge in [0.1, 0.15) is 17.5 Å². The van der Waals surface area contributed by atoms with Crippen LogP contribution in [0.4, 0.5) is 14.6 Å². The summed E-state index contributed by atoms with van der Waals surface area (Å²) in [4.78, 5) is 38.4. The molecule has 5 atom stereocenters. The number of aromatic nitrogens is 2. The molecule has 0 radical (unpaired) electrons. The first-order valence-electron chi connectivity index (χ1n) is 15.0. The summed E-state index contributed by atoms with van der Waals surface area (Å²) in [5.74, 6) is -0.438. The van der Waals surface area contributed by atoms with Gasteiger partial charge in [0.25, 0.3) is 0 Å². The highest BCUT2D eigenvalue weighted by atomic mass is 35.5. The molecular formula is C32H34ClF2N5O3S. The summed E-state index contributed by atoms with van der Waals surface area (Å²) < 4.78 is 37.3. The third kappa shape index (κ3) is 4.74. The normalized spacial score (nSPS) is 26.8. The van der Waals surface area contributed by atoms with E-state index in [1.807, 2.05) is 31.7 Å².